The first-order valence-electron chi connectivity index (χ1n) is 13.4. The molecule has 0 saturated carbocycles. The van der Waals surface area contributed by atoms with E-state index in [9.17, 15) is 24.3 Å². The zero-order valence-corrected chi connectivity index (χ0v) is 23.4. The summed E-state index contributed by atoms with van der Waals surface area (Å²) in [6.45, 7) is 13.0. The third kappa shape index (κ3) is 5.76. The first-order valence-corrected chi connectivity index (χ1v) is 13.4. The van der Waals surface area contributed by atoms with Crippen molar-refractivity contribution in [3.05, 3.63) is 99.0 Å². The molecule has 1 saturated heterocycles. The van der Waals surface area contributed by atoms with Crippen molar-refractivity contribution >= 4 is 23.3 Å². The van der Waals surface area contributed by atoms with E-state index in [4.69, 9.17) is 0 Å². The number of carboxylic acids is 1. The second kappa shape index (κ2) is 11.7. The van der Waals surface area contributed by atoms with Crippen molar-refractivity contribution in [2.45, 2.75) is 46.6 Å². The van der Waals surface area contributed by atoms with E-state index < -0.39 is 5.97 Å². The molecular weight excluding hydrogens is 506 g/mol. The number of aryl methyl sites for hydroxylation is 2. The van der Waals surface area contributed by atoms with Crippen molar-refractivity contribution in [2.75, 3.05) is 24.5 Å². The molecule has 1 atom stereocenters. The van der Waals surface area contributed by atoms with Gasteiger partial charge in [-0.3, -0.25) is 14.4 Å². The van der Waals surface area contributed by atoms with Crippen LogP contribution in [0.25, 0.3) is 11.1 Å². The van der Waals surface area contributed by atoms with Crippen LogP contribution in [0.5, 0.6) is 0 Å². The normalized spacial score (nSPS) is 14.7. The highest BCUT2D eigenvalue weighted by atomic mass is 16.4. The van der Waals surface area contributed by atoms with E-state index in [-0.39, 0.29) is 35.3 Å². The van der Waals surface area contributed by atoms with Crippen LogP contribution in [0.1, 0.15) is 56.4 Å². The van der Waals surface area contributed by atoms with Crippen LogP contribution in [0.4, 0.5) is 5.69 Å². The van der Waals surface area contributed by atoms with Gasteiger partial charge in [-0.15, -0.1) is 0 Å². The average molecular weight is 542 g/mol. The number of aromatic carboxylic acids is 1. The van der Waals surface area contributed by atoms with Gasteiger partial charge in [0.25, 0.3) is 5.56 Å². The Hall–Kier alpha value is -4.46. The number of hydrogen-bond donors (Lipinski definition) is 2. The molecule has 0 radical (unpaired) electrons. The first kappa shape index (κ1) is 28.5. The van der Waals surface area contributed by atoms with Gasteiger partial charge in [0.15, 0.2) is 5.78 Å². The van der Waals surface area contributed by atoms with Gasteiger partial charge in [0.2, 0.25) is 5.91 Å². The summed E-state index contributed by atoms with van der Waals surface area (Å²) in [6, 6.07) is 12.3. The molecule has 8 nitrogen and oxygen atoms in total. The molecule has 40 heavy (non-hydrogen) atoms. The number of amides is 1. The van der Waals surface area contributed by atoms with E-state index in [1.807, 2.05) is 45.9 Å². The van der Waals surface area contributed by atoms with Gasteiger partial charge in [0.1, 0.15) is 0 Å². The summed E-state index contributed by atoms with van der Waals surface area (Å²) in [5.41, 5.74) is 5.57. The maximum Gasteiger partial charge on any atom is 0.335 e. The Balaban J connectivity index is 1.81. The fraction of sp³-hybridized carbons (Fsp3) is 0.312. The quantitative estimate of drug-likeness (QED) is 0.300. The second-order valence-corrected chi connectivity index (χ2v) is 10.3. The molecule has 0 spiro atoms. The monoisotopic (exact) mass is 541 g/mol. The Morgan fingerprint density at radius 3 is 2.40 bits per heavy atom. The maximum atomic E-state index is 13.8. The van der Waals surface area contributed by atoms with Gasteiger partial charge < -0.3 is 19.9 Å². The number of rotatable bonds is 9. The molecule has 1 aromatic heterocycles. The molecule has 1 aliphatic heterocycles. The van der Waals surface area contributed by atoms with Gasteiger partial charge in [-0.25, -0.2) is 4.79 Å². The Labute approximate surface area is 234 Å². The molecule has 4 rings (SSSR count). The largest absolute Gasteiger partial charge is 0.478 e. The topological polar surface area (TPSA) is 111 Å². The van der Waals surface area contributed by atoms with Crippen LogP contribution in [0.15, 0.2) is 59.9 Å². The number of hydrogen-bond acceptors (Lipinski definition) is 5. The van der Waals surface area contributed by atoms with Crippen molar-refractivity contribution in [1.82, 2.24) is 9.88 Å². The summed E-state index contributed by atoms with van der Waals surface area (Å²) in [5, 5.41) is 9.34. The van der Waals surface area contributed by atoms with Crippen LogP contribution in [0, 0.1) is 20.8 Å². The predicted molar refractivity (Wildman–Crippen MR) is 156 cm³/mol. The summed E-state index contributed by atoms with van der Waals surface area (Å²) in [5.74, 6) is -1.29. The number of aromatic nitrogens is 1. The van der Waals surface area contributed by atoms with Crippen molar-refractivity contribution in [3.8, 4) is 11.1 Å². The summed E-state index contributed by atoms with van der Waals surface area (Å²) in [6.07, 6.45) is 2.07. The minimum Gasteiger partial charge on any atom is -0.478 e. The van der Waals surface area contributed by atoms with Crippen LogP contribution < -0.4 is 10.5 Å². The fourth-order valence-corrected chi connectivity index (χ4v) is 5.57. The minimum absolute atomic E-state index is 0.0414. The van der Waals surface area contributed by atoms with E-state index in [1.54, 1.807) is 29.2 Å². The Bertz CT molecular complexity index is 1540. The Morgan fingerprint density at radius 1 is 1.10 bits per heavy atom. The number of nitrogens with one attached hydrogen (secondary N) is 1. The number of anilines is 1. The third-order valence-corrected chi connectivity index (χ3v) is 7.72. The van der Waals surface area contributed by atoms with Crippen LogP contribution in [-0.4, -0.2) is 58.3 Å². The van der Waals surface area contributed by atoms with Crippen LogP contribution in [0.3, 0.4) is 0 Å². The number of H-pyrrole nitrogens is 1. The predicted octanol–water partition coefficient (Wildman–Crippen LogP) is 4.70. The highest BCUT2D eigenvalue weighted by molar-refractivity contribution is 6.01. The van der Waals surface area contributed by atoms with Gasteiger partial charge in [-0.1, -0.05) is 18.7 Å². The van der Waals surface area contributed by atoms with Crippen molar-refractivity contribution in [2.24, 2.45) is 0 Å². The molecule has 2 N–H and O–H groups in total. The molecule has 2 aromatic carbocycles. The highest BCUT2D eigenvalue weighted by Gasteiger charge is 2.31. The number of carboxylic acid groups (broad SMARTS) is 1. The number of carbonyl (C=O) groups excluding carboxylic acids is 2. The lowest BCUT2D eigenvalue weighted by atomic mass is 9.91. The molecule has 1 fully saturated rings. The van der Waals surface area contributed by atoms with Crippen molar-refractivity contribution in [1.29, 1.82) is 0 Å². The molecule has 1 amide bonds. The number of likely N-dealkylation sites (tertiary alicyclic amines) is 1. The summed E-state index contributed by atoms with van der Waals surface area (Å²) in [7, 11) is 0. The summed E-state index contributed by atoms with van der Waals surface area (Å²) < 4.78 is 0. The fourth-order valence-electron chi connectivity index (χ4n) is 5.57. The van der Waals surface area contributed by atoms with Gasteiger partial charge in [0.05, 0.1) is 5.56 Å². The zero-order valence-electron chi connectivity index (χ0n) is 23.4. The van der Waals surface area contributed by atoms with E-state index in [0.717, 1.165) is 40.1 Å². The Morgan fingerprint density at radius 2 is 1.80 bits per heavy atom. The Kier molecular flexibility index (Phi) is 8.38. The lowest BCUT2D eigenvalue weighted by molar-refractivity contribution is -0.125. The maximum absolute atomic E-state index is 13.8. The molecular formula is C32H35N3O5. The number of carbonyl (C=O) groups is 3. The standard InChI is InChI=1S/C32H35N3O5/c1-6-30(37)34-13-12-25(18-34)35(7-2)28-16-24(22-8-10-23(11-9-22)32(39)40)15-27(21(28)5)29(36)17-26-19(3)14-20(4)33-31(26)38/h6,8-11,14-16,25H,1,7,12-13,17-18H2,2-5H3,(H,33,38)(H,39,40). The van der Waals surface area contributed by atoms with Gasteiger partial charge in [-0.2, -0.15) is 0 Å². The van der Waals surface area contributed by atoms with Crippen LogP contribution in [0.2, 0.25) is 0 Å². The van der Waals surface area contributed by atoms with E-state index in [1.165, 1.54) is 6.08 Å². The van der Waals surface area contributed by atoms with Crippen LogP contribution in [-0.2, 0) is 11.2 Å². The second-order valence-electron chi connectivity index (χ2n) is 10.3. The molecule has 1 aliphatic rings. The lowest BCUT2D eigenvalue weighted by Crippen LogP contribution is -2.39. The van der Waals surface area contributed by atoms with Crippen molar-refractivity contribution in [3.63, 3.8) is 0 Å². The minimum atomic E-state index is -1.01. The number of pyridine rings is 1. The molecule has 208 valence electrons. The molecule has 0 aliphatic carbocycles. The van der Waals surface area contributed by atoms with E-state index in [0.29, 0.717) is 30.8 Å². The molecule has 1 unspecified atom stereocenters. The average Bonchev–Trinajstić information content (AvgIpc) is 3.41. The van der Waals surface area contributed by atoms with E-state index in [2.05, 4.69) is 16.5 Å². The third-order valence-electron chi connectivity index (χ3n) is 7.72. The van der Waals surface area contributed by atoms with Gasteiger partial charge >= 0.3 is 5.97 Å². The van der Waals surface area contributed by atoms with Gasteiger partial charge in [0, 0.05) is 54.6 Å². The number of aromatic amines is 1. The number of benzene rings is 2. The molecule has 8 heteroatoms. The zero-order chi connectivity index (χ0) is 29.1. The summed E-state index contributed by atoms with van der Waals surface area (Å²) >= 11 is 0. The first-order chi connectivity index (χ1) is 19.0. The lowest BCUT2D eigenvalue weighted by Gasteiger charge is -2.32. The smallest absolute Gasteiger partial charge is 0.335 e. The molecule has 2 heterocycles. The SMILES string of the molecule is C=CC(=O)N1CCC(N(CC)c2cc(-c3ccc(C(=O)O)cc3)cc(C(=O)Cc3c(C)cc(C)[nH]c3=O)c2C)C1. The van der Waals surface area contributed by atoms with E-state index >= 15 is 0 Å². The number of Topliss-reactive ketones (excluding diaryl/α,β-unsaturated/α-hetero) is 1. The number of ketones is 1. The molecule has 0 bridgehead atoms. The number of nitrogens with zero attached hydrogens (tertiary/aromatic N) is 2. The highest BCUT2D eigenvalue weighted by Crippen LogP contribution is 2.34. The summed E-state index contributed by atoms with van der Waals surface area (Å²) in [4.78, 5) is 56.9. The number of likely N-dealkylation sites (N-methyl/N-ethyl adjacent to an activating group) is 1. The van der Waals surface area contributed by atoms with Crippen molar-refractivity contribution < 1.29 is 19.5 Å². The molecule has 3 aromatic rings. The van der Waals surface area contributed by atoms with Gasteiger partial charge in [-0.05, 0) is 92.8 Å². The van der Waals surface area contributed by atoms with Crippen LogP contribution >= 0.6 is 0 Å².